The summed E-state index contributed by atoms with van der Waals surface area (Å²) < 4.78 is 15.0. The van der Waals surface area contributed by atoms with Crippen LogP contribution in [0.1, 0.15) is 42.2 Å². The SMILES string of the molecule is CC(=O)Nc1c(-c2ccc(F)cc2)c(C)nn1-c1ccc(C(=O)N2CCCCC2)cc1. The Balaban J connectivity index is 1.70. The lowest BCUT2D eigenvalue weighted by Crippen LogP contribution is -2.35. The third-order valence-electron chi connectivity index (χ3n) is 5.49. The number of nitrogens with one attached hydrogen (secondary N) is 1. The van der Waals surface area contributed by atoms with Crippen LogP contribution in [0, 0.1) is 12.7 Å². The first kappa shape index (κ1) is 20.8. The molecular formula is C24H25FN4O2. The number of halogens is 1. The van der Waals surface area contributed by atoms with Crippen molar-refractivity contribution in [2.75, 3.05) is 18.4 Å². The number of hydrogen-bond acceptors (Lipinski definition) is 3. The summed E-state index contributed by atoms with van der Waals surface area (Å²) in [5.41, 5.74) is 3.53. The number of piperidine rings is 1. The molecule has 2 aromatic carbocycles. The molecule has 1 aromatic heterocycles. The van der Waals surface area contributed by atoms with Crippen molar-refractivity contribution < 1.29 is 14.0 Å². The Morgan fingerprint density at radius 1 is 0.968 bits per heavy atom. The second-order valence-electron chi connectivity index (χ2n) is 7.81. The molecule has 0 saturated carbocycles. The number of nitrogens with zero attached hydrogens (tertiary/aromatic N) is 3. The molecule has 3 aromatic rings. The fourth-order valence-corrected chi connectivity index (χ4v) is 3.98. The fourth-order valence-electron chi connectivity index (χ4n) is 3.98. The zero-order valence-electron chi connectivity index (χ0n) is 17.7. The van der Waals surface area contributed by atoms with E-state index in [1.165, 1.54) is 25.5 Å². The quantitative estimate of drug-likeness (QED) is 0.672. The van der Waals surface area contributed by atoms with Gasteiger partial charge >= 0.3 is 0 Å². The molecule has 160 valence electrons. The summed E-state index contributed by atoms with van der Waals surface area (Å²) in [4.78, 5) is 26.5. The predicted molar refractivity (Wildman–Crippen MR) is 118 cm³/mol. The highest BCUT2D eigenvalue weighted by atomic mass is 19.1. The first-order valence-corrected chi connectivity index (χ1v) is 10.5. The summed E-state index contributed by atoms with van der Waals surface area (Å²) in [5, 5.41) is 7.47. The van der Waals surface area contributed by atoms with Crippen molar-refractivity contribution in [2.45, 2.75) is 33.1 Å². The third kappa shape index (κ3) is 4.35. The summed E-state index contributed by atoms with van der Waals surface area (Å²) >= 11 is 0. The monoisotopic (exact) mass is 420 g/mol. The van der Waals surface area contributed by atoms with Gasteiger partial charge in [0.25, 0.3) is 5.91 Å². The van der Waals surface area contributed by atoms with E-state index in [-0.39, 0.29) is 17.6 Å². The van der Waals surface area contributed by atoms with Gasteiger partial charge in [0.2, 0.25) is 5.91 Å². The van der Waals surface area contributed by atoms with Crippen molar-refractivity contribution in [3.05, 3.63) is 65.6 Å². The van der Waals surface area contributed by atoms with E-state index in [2.05, 4.69) is 10.4 Å². The average Bonchev–Trinajstić information content (AvgIpc) is 3.09. The van der Waals surface area contributed by atoms with Gasteiger partial charge in [-0.3, -0.25) is 9.59 Å². The molecule has 0 spiro atoms. The van der Waals surface area contributed by atoms with Crippen LogP contribution in [0.4, 0.5) is 10.2 Å². The lowest BCUT2D eigenvalue weighted by Gasteiger charge is -2.26. The van der Waals surface area contributed by atoms with E-state index in [1.807, 2.05) is 24.0 Å². The van der Waals surface area contributed by atoms with E-state index in [0.717, 1.165) is 42.7 Å². The molecular weight excluding hydrogens is 395 g/mol. The van der Waals surface area contributed by atoms with Crippen molar-refractivity contribution in [3.8, 4) is 16.8 Å². The molecule has 1 N–H and O–H groups in total. The predicted octanol–water partition coefficient (Wildman–Crippen LogP) is 4.57. The van der Waals surface area contributed by atoms with Crippen LogP contribution in [-0.4, -0.2) is 39.6 Å². The van der Waals surface area contributed by atoms with Gasteiger partial charge < -0.3 is 10.2 Å². The summed E-state index contributed by atoms with van der Waals surface area (Å²) in [5.74, 6) is -0.0195. The fraction of sp³-hybridized carbons (Fsp3) is 0.292. The Bertz CT molecular complexity index is 1100. The zero-order chi connectivity index (χ0) is 22.0. The first-order valence-electron chi connectivity index (χ1n) is 10.5. The normalized spacial score (nSPS) is 13.8. The van der Waals surface area contributed by atoms with Gasteiger partial charge in [0.15, 0.2) is 0 Å². The van der Waals surface area contributed by atoms with Crippen LogP contribution in [0.25, 0.3) is 16.8 Å². The van der Waals surface area contributed by atoms with Gasteiger partial charge in [0, 0.05) is 31.1 Å². The second kappa shape index (κ2) is 8.71. The number of rotatable bonds is 4. The maximum Gasteiger partial charge on any atom is 0.253 e. The molecule has 1 fully saturated rings. The number of hydrogen-bond donors (Lipinski definition) is 1. The number of aryl methyl sites for hydroxylation is 1. The molecule has 31 heavy (non-hydrogen) atoms. The molecule has 6 nitrogen and oxygen atoms in total. The van der Waals surface area contributed by atoms with Gasteiger partial charge in [-0.2, -0.15) is 5.10 Å². The van der Waals surface area contributed by atoms with Gasteiger partial charge in [-0.05, 0) is 68.1 Å². The number of aromatic nitrogens is 2. The summed E-state index contributed by atoms with van der Waals surface area (Å²) in [6.07, 6.45) is 3.26. The largest absolute Gasteiger partial charge is 0.339 e. The van der Waals surface area contributed by atoms with Crippen LogP contribution < -0.4 is 5.32 Å². The van der Waals surface area contributed by atoms with Gasteiger partial charge in [-0.1, -0.05) is 12.1 Å². The Morgan fingerprint density at radius 3 is 2.23 bits per heavy atom. The molecule has 7 heteroatoms. The summed E-state index contributed by atoms with van der Waals surface area (Å²) in [6.45, 7) is 4.87. The minimum Gasteiger partial charge on any atom is -0.339 e. The average molecular weight is 420 g/mol. The summed E-state index contributed by atoms with van der Waals surface area (Å²) in [7, 11) is 0. The maximum absolute atomic E-state index is 13.4. The summed E-state index contributed by atoms with van der Waals surface area (Å²) in [6, 6.07) is 13.3. The van der Waals surface area contributed by atoms with Crippen LogP contribution in [-0.2, 0) is 4.79 Å². The van der Waals surface area contributed by atoms with E-state index < -0.39 is 0 Å². The van der Waals surface area contributed by atoms with Crippen molar-refractivity contribution in [2.24, 2.45) is 0 Å². The lowest BCUT2D eigenvalue weighted by atomic mass is 10.1. The van der Waals surface area contributed by atoms with Gasteiger partial charge in [0.1, 0.15) is 11.6 Å². The van der Waals surface area contributed by atoms with Gasteiger partial charge in [-0.25, -0.2) is 9.07 Å². The third-order valence-corrected chi connectivity index (χ3v) is 5.49. The number of amides is 2. The molecule has 0 atom stereocenters. The minimum absolute atomic E-state index is 0.0389. The Morgan fingerprint density at radius 2 is 1.61 bits per heavy atom. The standard InChI is InChI=1S/C24H25FN4O2/c1-16-22(18-6-10-20(25)11-7-18)23(26-17(2)30)29(27-16)21-12-8-19(9-13-21)24(31)28-14-4-3-5-15-28/h6-13H,3-5,14-15H2,1-2H3,(H,26,30). The van der Waals surface area contributed by atoms with Crippen molar-refractivity contribution in [1.29, 1.82) is 0 Å². The Kier molecular flexibility index (Phi) is 5.84. The first-order chi connectivity index (χ1) is 14.9. The molecule has 2 amide bonds. The van der Waals surface area contributed by atoms with Crippen LogP contribution in [0.5, 0.6) is 0 Å². The van der Waals surface area contributed by atoms with Crippen molar-refractivity contribution in [1.82, 2.24) is 14.7 Å². The van der Waals surface area contributed by atoms with Crippen LogP contribution in [0.3, 0.4) is 0 Å². The van der Waals surface area contributed by atoms with Crippen molar-refractivity contribution >= 4 is 17.6 Å². The molecule has 0 aliphatic carbocycles. The van der Waals surface area contributed by atoms with Crippen LogP contribution in [0.15, 0.2) is 48.5 Å². The number of benzene rings is 2. The topological polar surface area (TPSA) is 67.2 Å². The second-order valence-corrected chi connectivity index (χ2v) is 7.81. The lowest BCUT2D eigenvalue weighted by molar-refractivity contribution is -0.114. The Labute approximate surface area is 180 Å². The van der Waals surface area contributed by atoms with Gasteiger partial charge in [0.05, 0.1) is 11.4 Å². The smallest absolute Gasteiger partial charge is 0.253 e. The molecule has 1 saturated heterocycles. The van der Waals surface area contributed by atoms with Crippen molar-refractivity contribution in [3.63, 3.8) is 0 Å². The highest BCUT2D eigenvalue weighted by Gasteiger charge is 2.21. The number of carbonyl (C=O) groups is 2. The molecule has 1 aliphatic rings. The molecule has 2 heterocycles. The van der Waals surface area contributed by atoms with E-state index in [4.69, 9.17) is 0 Å². The molecule has 0 radical (unpaired) electrons. The minimum atomic E-state index is -0.330. The molecule has 4 rings (SSSR count). The Hall–Kier alpha value is -3.48. The van der Waals surface area contributed by atoms with Gasteiger partial charge in [-0.15, -0.1) is 0 Å². The molecule has 0 unspecified atom stereocenters. The van der Waals surface area contributed by atoms with E-state index in [9.17, 15) is 14.0 Å². The van der Waals surface area contributed by atoms with Crippen LogP contribution >= 0.6 is 0 Å². The van der Waals surface area contributed by atoms with Crippen LogP contribution in [0.2, 0.25) is 0 Å². The highest BCUT2D eigenvalue weighted by molar-refractivity contribution is 5.95. The number of carbonyl (C=O) groups excluding carboxylic acids is 2. The maximum atomic E-state index is 13.4. The number of likely N-dealkylation sites (tertiary alicyclic amines) is 1. The highest BCUT2D eigenvalue weighted by Crippen LogP contribution is 2.33. The molecule has 0 bridgehead atoms. The van der Waals surface area contributed by atoms with E-state index in [1.54, 1.807) is 28.9 Å². The van der Waals surface area contributed by atoms with E-state index in [0.29, 0.717) is 17.1 Å². The molecule has 1 aliphatic heterocycles. The number of anilines is 1. The zero-order valence-corrected chi connectivity index (χ0v) is 17.7. The van der Waals surface area contributed by atoms with E-state index >= 15 is 0 Å².